The molecule has 0 saturated heterocycles. The van der Waals surface area contributed by atoms with Gasteiger partial charge in [0.15, 0.2) is 0 Å². The predicted octanol–water partition coefficient (Wildman–Crippen LogP) is 5.16. The van der Waals surface area contributed by atoms with Crippen molar-refractivity contribution < 1.29 is 0 Å². The maximum absolute atomic E-state index is 5.21. The van der Waals surface area contributed by atoms with Gasteiger partial charge in [-0.05, 0) is 57.4 Å². The highest BCUT2D eigenvalue weighted by Gasteiger charge is 2.77. The minimum absolute atomic E-state index is 0.539. The van der Waals surface area contributed by atoms with Gasteiger partial charge in [-0.3, -0.25) is 5.01 Å². The minimum Gasteiger partial charge on any atom is -0.333 e. The fourth-order valence-corrected chi connectivity index (χ4v) is 5.78. The number of nitrogens with zero attached hydrogens (tertiary/aromatic N) is 2. The van der Waals surface area contributed by atoms with Gasteiger partial charge in [0.2, 0.25) is 0 Å². The van der Waals surface area contributed by atoms with Gasteiger partial charge in [-0.2, -0.15) is 5.10 Å². The standard InChI is InChI=1S/C23H34N2.CH5N/c1-4-6-8-11-17(3)19-16-25(24-21(19)13-9-7-5-2)22-20-15-18-12-10-14-23(18,20)22;1-2/h4,6,8,10-11,14,17-20,22H,5,7,9,12-13,15-16H2,1-3H3;2H2,1H3/b6-4-,11-8-;. The molecule has 1 spiro atoms. The number of hydrogen-bond donors (Lipinski definition) is 1. The second-order valence-electron chi connectivity index (χ2n) is 8.67. The summed E-state index contributed by atoms with van der Waals surface area (Å²) in [6.07, 6.45) is 21.7. The van der Waals surface area contributed by atoms with Crippen LogP contribution < -0.4 is 5.73 Å². The fourth-order valence-electron chi connectivity index (χ4n) is 5.78. The number of allylic oxidation sites excluding steroid dienone is 5. The van der Waals surface area contributed by atoms with E-state index in [9.17, 15) is 0 Å². The van der Waals surface area contributed by atoms with Crippen molar-refractivity contribution in [1.29, 1.82) is 0 Å². The van der Waals surface area contributed by atoms with Crippen LogP contribution in [0.15, 0.2) is 41.6 Å². The molecule has 1 heterocycles. The van der Waals surface area contributed by atoms with Crippen molar-refractivity contribution in [2.75, 3.05) is 13.6 Å². The largest absolute Gasteiger partial charge is 0.333 e. The van der Waals surface area contributed by atoms with Crippen LogP contribution in [0.4, 0.5) is 0 Å². The molecular formula is C24H39N3. The van der Waals surface area contributed by atoms with Gasteiger partial charge < -0.3 is 5.73 Å². The molecule has 0 aromatic heterocycles. The van der Waals surface area contributed by atoms with Crippen LogP contribution in [0.1, 0.15) is 59.3 Å². The van der Waals surface area contributed by atoms with E-state index in [1.165, 1.54) is 51.3 Å². The van der Waals surface area contributed by atoms with Crippen LogP contribution in [0.25, 0.3) is 0 Å². The summed E-state index contributed by atoms with van der Waals surface area (Å²) < 4.78 is 0. The van der Waals surface area contributed by atoms with Gasteiger partial charge in [0, 0.05) is 23.6 Å². The summed E-state index contributed by atoms with van der Waals surface area (Å²) in [7, 11) is 1.50. The zero-order valence-corrected chi connectivity index (χ0v) is 17.8. The smallest absolute Gasteiger partial charge is 0.0605 e. The first-order chi connectivity index (χ1) is 13.2. The van der Waals surface area contributed by atoms with Crippen molar-refractivity contribution in [3.63, 3.8) is 0 Å². The van der Waals surface area contributed by atoms with E-state index in [2.05, 4.69) is 68.0 Å². The predicted molar refractivity (Wildman–Crippen MR) is 117 cm³/mol. The second kappa shape index (κ2) is 8.77. The third kappa shape index (κ3) is 3.55. The van der Waals surface area contributed by atoms with Gasteiger partial charge in [0.05, 0.1) is 6.04 Å². The lowest BCUT2D eigenvalue weighted by molar-refractivity contribution is 0.212. The first-order valence-corrected chi connectivity index (χ1v) is 11.1. The molecule has 0 radical (unpaired) electrons. The van der Waals surface area contributed by atoms with E-state index in [-0.39, 0.29) is 0 Å². The van der Waals surface area contributed by atoms with Gasteiger partial charge in [0.1, 0.15) is 0 Å². The highest BCUT2D eigenvalue weighted by molar-refractivity contribution is 5.88. The van der Waals surface area contributed by atoms with E-state index in [4.69, 9.17) is 5.10 Å². The molecule has 4 aliphatic rings. The van der Waals surface area contributed by atoms with Gasteiger partial charge in [-0.25, -0.2) is 0 Å². The molecule has 0 bridgehead atoms. The van der Waals surface area contributed by atoms with Crippen LogP contribution in [0, 0.1) is 29.1 Å². The third-order valence-electron chi connectivity index (χ3n) is 7.28. The minimum atomic E-state index is 0.539. The van der Waals surface area contributed by atoms with E-state index in [1.807, 2.05) is 0 Å². The Morgan fingerprint density at radius 1 is 1.33 bits per heavy atom. The Labute approximate surface area is 166 Å². The van der Waals surface area contributed by atoms with Crippen molar-refractivity contribution in [1.82, 2.24) is 5.01 Å². The number of rotatable bonds is 8. The summed E-state index contributed by atoms with van der Waals surface area (Å²) in [6.45, 7) is 7.89. The highest BCUT2D eigenvalue weighted by Crippen LogP contribution is 2.76. The first kappa shape index (κ1) is 20.4. The van der Waals surface area contributed by atoms with Crippen LogP contribution in [-0.4, -0.2) is 30.4 Å². The van der Waals surface area contributed by atoms with Crippen LogP contribution in [0.2, 0.25) is 0 Å². The summed E-state index contributed by atoms with van der Waals surface area (Å²) in [4.78, 5) is 0. The molecule has 2 saturated carbocycles. The van der Waals surface area contributed by atoms with Gasteiger partial charge in [-0.1, -0.05) is 63.1 Å². The molecule has 27 heavy (non-hydrogen) atoms. The lowest BCUT2D eigenvalue weighted by Gasteiger charge is -2.28. The van der Waals surface area contributed by atoms with Crippen LogP contribution >= 0.6 is 0 Å². The SMILES string of the molecule is C/C=C\C=C/C(C)C1CN(C2C3CC4CC=CC432)N=C1CCCCC.CN. The normalized spacial score (nSPS) is 36.9. The molecule has 0 aromatic rings. The molecule has 2 N–H and O–H groups in total. The van der Waals surface area contributed by atoms with Crippen molar-refractivity contribution >= 4 is 5.71 Å². The highest BCUT2D eigenvalue weighted by atomic mass is 15.5. The Hall–Kier alpha value is -1.35. The average Bonchev–Trinajstić information content (AvgIpc) is 2.94. The molecule has 0 aromatic carbocycles. The second-order valence-corrected chi connectivity index (χ2v) is 8.67. The van der Waals surface area contributed by atoms with Crippen molar-refractivity contribution in [2.45, 2.75) is 65.3 Å². The number of nitrogens with two attached hydrogens (primary N) is 1. The molecule has 150 valence electrons. The van der Waals surface area contributed by atoms with Crippen LogP contribution in [-0.2, 0) is 0 Å². The Kier molecular flexibility index (Phi) is 6.62. The fraction of sp³-hybridized carbons (Fsp3) is 0.708. The molecule has 0 amide bonds. The van der Waals surface area contributed by atoms with Crippen molar-refractivity contribution in [3.05, 3.63) is 36.5 Å². The van der Waals surface area contributed by atoms with E-state index < -0.39 is 0 Å². The lowest BCUT2D eigenvalue weighted by Crippen LogP contribution is -2.29. The lowest BCUT2D eigenvalue weighted by atomic mass is 9.75. The van der Waals surface area contributed by atoms with Crippen LogP contribution in [0.5, 0.6) is 0 Å². The summed E-state index contributed by atoms with van der Waals surface area (Å²) in [6, 6.07) is 0.717. The Bertz CT molecular complexity index is 617. The Morgan fingerprint density at radius 2 is 2.15 bits per heavy atom. The zero-order chi connectivity index (χ0) is 19.4. The molecule has 6 unspecified atom stereocenters. The number of hydrogen-bond acceptors (Lipinski definition) is 3. The summed E-state index contributed by atoms with van der Waals surface area (Å²) in [5.74, 6) is 3.03. The molecule has 3 heteroatoms. The maximum Gasteiger partial charge on any atom is 0.0605 e. The van der Waals surface area contributed by atoms with Gasteiger partial charge in [0.25, 0.3) is 0 Å². The molecule has 3 aliphatic carbocycles. The number of hydrazone groups is 1. The summed E-state index contributed by atoms with van der Waals surface area (Å²) in [5.41, 5.74) is 6.52. The maximum atomic E-state index is 5.21. The molecule has 2 fully saturated rings. The van der Waals surface area contributed by atoms with E-state index >= 15 is 0 Å². The topological polar surface area (TPSA) is 41.6 Å². The molecule has 4 rings (SSSR count). The Morgan fingerprint density at radius 3 is 2.85 bits per heavy atom. The average molecular weight is 370 g/mol. The van der Waals surface area contributed by atoms with Gasteiger partial charge in [-0.15, -0.1) is 0 Å². The Balaban J connectivity index is 0.00000102. The third-order valence-corrected chi connectivity index (χ3v) is 7.28. The zero-order valence-electron chi connectivity index (χ0n) is 17.8. The number of unbranched alkanes of at least 4 members (excludes halogenated alkanes) is 2. The summed E-state index contributed by atoms with van der Waals surface area (Å²) >= 11 is 0. The van der Waals surface area contributed by atoms with Gasteiger partial charge >= 0.3 is 0 Å². The van der Waals surface area contributed by atoms with Crippen molar-refractivity contribution in [2.24, 2.45) is 39.9 Å². The van der Waals surface area contributed by atoms with Crippen molar-refractivity contribution in [3.8, 4) is 0 Å². The molecule has 1 aliphatic heterocycles. The quantitative estimate of drug-likeness (QED) is 0.365. The van der Waals surface area contributed by atoms with E-state index in [0.717, 1.165) is 18.4 Å². The first-order valence-electron chi connectivity index (χ1n) is 11.1. The molecule has 3 nitrogen and oxygen atoms in total. The monoisotopic (exact) mass is 369 g/mol. The van der Waals surface area contributed by atoms with E-state index in [1.54, 1.807) is 0 Å². The molecule has 6 atom stereocenters. The molecular weight excluding hydrogens is 330 g/mol. The summed E-state index contributed by atoms with van der Waals surface area (Å²) in [5, 5.41) is 7.73. The van der Waals surface area contributed by atoms with Crippen LogP contribution in [0.3, 0.4) is 0 Å². The van der Waals surface area contributed by atoms with E-state index in [0.29, 0.717) is 23.3 Å².